The summed E-state index contributed by atoms with van der Waals surface area (Å²) in [5, 5.41) is 3.78. The summed E-state index contributed by atoms with van der Waals surface area (Å²) in [6.45, 7) is 0. The van der Waals surface area contributed by atoms with Crippen LogP contribution in [-0.4, -0.2) is 5.78 Å². The van der Waals surface area contributed by atoms with Crippen molar-refractivity contribution in [2.45, 2.75) is 0 Å². The first kappa shape index (κ1) is 15.1. The number of hydrogen-bond donors (Lipinski definition) is 2. The maximum Gasteiger partial charge on any atom is 0.193 e. The van der Waals surface area contributed by atoms with E-state index in [2.05, 4.69) is 5.32 Å². The molecule has 3 nitrogen and oxygen atoms in total. The second-order valence-corrected chi connectivity index (χ2v) is 5.57. The standard InChI is InChI=1S/C19H15ClN2O/c20-15-5-3-4-14(12-15)19(23)13-8-10-16(11-9-13)22-18-7-2-1-6-17(18)21/h1-12,22H,21H2. The van der Waals surface area contributed by atoms with Crippen LogP contribution in [0.4, 0.5) is 17.1 Å². The van der Waals surface area contributed by atoms with Crippen molar-refractivity contribution >= 4 is 34.4 Å². The van der Waals surface area contributed by atoms with E-state index in [0.29, 0.717) is 21.8 Å². The van der Waals surface area contributed by atoms with E-state index in [1.807, 2.05) is 36.4 Å². The van der Waals surface area contributed by atoms with Crippen molar-refractivity contribution < 1.29 is 4.79 Å². The number of anilines is 3. The van der Waals surface area contributed by atoms with Gasteiger partial charge in [-0.1, -0.05) is 35.9 Å². The van der Waals surface area contributed by atoms with E-state index in [0.717, 1.165) is 11.4 Å². The molecule has 0 aromatic heterocycles. The number of nitrogens with one attached hydrogen (secondary N) is 1. The van der Waals surface area contributed by atoms with Gasteiger partial charge in [-0.25, -0.2) is 0 Å². The van der Waals surface area contributed by atoms with Crippen LogP contribution in [0.3, 0.4) is 0 Å². The largest absolute Gasteiger partial charge is 0.397 e. The molecule has 0 aliphatic heterocycles. The van der Waals surface area contributed by atoms with Gasteiger partial charge in [0, 0.05) is 21.8 Å². The van der Waals surface area contributed by atoms with Crippen molar-refractivity contribution in [3.05, 3.63) is 88.9 Å². The van der Waals surface area contributed by atoms with Crippen molar-refractivity contribution in [2.75, 3.05) is 11.1 Å². The second kappa shape index (κ2) is 6.55. The Balaban J connectivity index is 1.79. The van der Waals surface area contributed by atoms with Gasteiger partial charge < -0.3 is 11.1 Å². The van der Waals surface area contributed by atoms with Crippen LogP contribution in [0.2, 0.25) is 5.02 Å². The zero-order valence-electron chi connectivity index (χ0n) is 12.3. The maximum absolute atomic E-state index is 12.4. The highest BCUT2D eigenvalue weighted by Gasteiger charge is 2.09. The Labute approximate surface area is 139 Å². The first-order chi connectivity index (χ1) is 11.1. The van der Waals surface area contributed by atoms with Crippen LogP contribution in [-0.2, 0) is 0 Å². The van der Waals surface area contributed by atoms with E-state index >= 15 is 0 Å². The first-order valence-corrected chi connectivity index (χ1v) is 7.53. The molecule has 0 amide bonds. The fourth-order valence-corrected chi connectivity index (χ4v) is 2.46. The summed E-state index contributed by atoms with van der Waals surface area (Å²) in [4.78, 5) is 12.4. The fraction of sp³-hybridized carbons (Fsp3) is 0. The molecule has 3 aromatic rings. The highest BCUT2D eigenvalue weighted by atomic mass is 35.5. The van der Waals surface area contributed by atoms with Gasteiger partial charge in [0.1, 0.15) is 0 Å². The van der Waals surface area contributed by atoms with E-state index in [-0.39, 0.29) is 5.78 Å². The van der Waals surface area contributed by atoms with Crippen LogP contribution in [0.25, 0.3) is 0 Å². The summed E-state index contributed by atoms with van der Waals surface area (Å²) < 4.78 is 0. The molecule has 0 saturated heterocycles. The van der Waals surface area contributed by atoms with Gasteiger partial charge in [0.25, 0.3) is 0 Å². The number of hydrogen-bond acceptors (Lipinski definition) is 3. The molecule has 4 heteroatoms. The van der Waals surface area contributed by atoms with Gasteiger partial charge in [-0.3, -0.25) is 4.79 Å². The molecule has 0 heterocycles. The van der Waals surface area contributed by atoms with Crippen molar-refractivity contribution in [2.24, 2.45) is 0 Å². The predicted octanol–water partition coefficient (Wildman–Crippen LogP) is 4.90. The Morgan fingerprint density at radius 2 is 1.61 bits per heavy atom. The van der Waals surface area contributed by atoms with Crippen LogP contribution in [0, 0.1) is 0 Å². The van der Waals surface area contributed by atoms with Crippen molar-refractivity contribution in [3.8, 4) is 0 Å². The third-order valence-electron chi connectivity index (χ3n) is 3.47. The summed E-state index contributed by atoms with van der Waals surface area (Å²) in [5.41, 5.74) is 9.47. The Kier molecular flexibility index (Phi) is 4.31. The van der Waals surface area contributed by atoms with Crippen LogP contribution in [0.1, 0.15) is 15.9 Å². The lowest BCUT2D eigenvalue weighted by atomic mass is 10.0. The Morgan fingerprint density at radius 1 is 0.870 bits per heavy atom. The second-order valence-electron chi connectivity index (χ2n) is 5.13. The van der Waals surface area contributed by atoms with Crippen LogP contribution >= 0.6 is 11.6 Å². The van der Waals surface area contributed by atoms with Crippen molar-refractivity contribution in [1.82, 2.24) is 0 Å². The van der Waals surface area contributed by atoms with Crippen LogP contribution in [0.5, 0.6) is 0 Å². The minimum Gasteiger partial charge on any atom is -0.397 e. The van der Waals surface area contributed by atoms with E-state index in [1.165, 1.54) is 0 Å². The molecule has 0 saturated carbocycles. The average molecular weight is 323 g/mol. The SMILES string of the molecule is Nc1ccccc1Nc1ccc(C(=O)c2cccc(Cl)c2)cc1. The molecule has 3 rings (SSSR count). The monoisotopic (exact) mass is 322 g/mol. The van der Waals surface area contributed by atoms with Gasteiger partial charge in [-0.05, 0) is 48.5 Å². The minimum atomic E-state index is -0.0572. The molecule has 0 fully saturated rings. The lowest BCUT2D eigenvalue weighted by molar-refractivity contribution is 0.103. The molecule has 3 aromatic carbocycles. The Morgan fingerprint density at radius 3 is 2.30 bits per heavy atom. The van der Waals surface area contributed by atoms with E-state index in [1.54, 1.807) is 36.4 Å². The van der Waals surface area contributed by atoms with Gasteiger partial charge in [-0.2, -0.15) is 0 Å². The number of nitrogens with two attached hydrogens (primary N) is 1. The molecule has 114 valence electrons. The number of halogens is 1. The summed E-state index contributed by atoms with van der Waals surface area (Å²) in [6, 6.07) is 21.7. The molecule has 0 bridgehead atoms. The quantitative estimate of drug-likeness (QED) is 0.530. The van der Waals surface area contributed by atoms with Crippen molar-refractivity contribution in [3.63, 3.8) is 0 Å². The molecular weight excluding hydrogens is 308 g/mol. The molecule has 0 aliphatic rings. The molecule has 0 unspecified atom stereocenters. The Bertz CT molecular complexity index is 844. The van der Waals surface area contributed by atoms with E-state index in [9.17, 15) is 4.79 Å². The number of carbonyl (C=O) groups is 1. The molecular formula is C19H15ClN2O. The summed E-state index contributed by atoms with van der Waals surface area (Å²) >= 11 is 5.93. The number of para-hydroxylation sites is 2. The van der Waals surface area contributed by atoms with E-state index < -0.39 is 0 Å². The topological polar surface area (TPSA) is 55.1 Å². The number of carbonyl (C=O) groups excluding carboxylic acids is 1. The lowest BCUT2D eigenvalue weighted by Crippen LogP contribution is -2.01. The van der Waals surface area contributed by atoms with Gasteiger partial charge in [0.15, 0.2) is 5.78 Å². The minimum absolute atomic E-state index is 0.0572. The summed E-state index contributed by atoms with van der Waals surface area (Å²) in [6.07, 6.45) is 0. The number of benzene rings is 3. The summed E-state index contributed by atoms with van der Waals surface area (Å²) in [7, 11) is 0. The van der Waals surface area contributed by atoms with Crippen LogP contribution < -0.4 is 11.1 Å². The highest BCUT2D eigenvalue weighted by molar-refractivity contribution is 6.31. The third-order valence-corrected chi connectivity index (χ3v) is 3.71. The fourth-order valence-electron chi connectivity index (χ4n) is 2.27. The average Bonchev–Trinajstić information content (AvgIpc) is 2.57. The Hall–Kier alpha value is -2.78. The zero-order valence-corrected chi connectivity index (χ0v) is 13.0. The first-order valence-electron chi connectivity index (χ1n) is 7.15. The normalized spacial score (nSPS) is 10.3. The number of ketones is 1. The molecule has 0 spiro atoms. The smallest absolute Gasteiger partial charge is 0.193 e. The highest BCUT2D eigenvalue weighted by Crippen LogP contribution is 2.23. The summed E-state index contributed by atoms with van der Waals surface area (Å²) in [5.74, 6) is -0.0572. The molecule has 0 radical (unpaired) electrons. The van der Waals surface area contributed by atoms with Gasteiger partial charge in [0.05, 0.1) is 11.4 Å². The maximum atomic E-state index is 12.4. The molecule has 0 aliphatic carbocycles. The van der Waals surface area contributed by atoms with Crippen LogP contribution in [0.15, 0.2) is 72.8 Å². The van der Waals surface area contributed by atoms with Gasteiger partial charge in [-0.15, -0.1) is 0 Å². The molecule has 23 heavy (non-hydrogen) atoms. The predicted molar refractivity (Wildman–Crippen MR) is 95.5 cm³/mol. The lowest BCUT2D eigenvalue weighted by Gasteiger charge is -2.09. The third kappa shape index (κ3) is 3.52. The molecule has 0 atom stereocenters. The zero-order chi connectivity index (χ0) is 16.2. The van der Waals surface area contributed by atoms with Gasteiger partial charge in [0.2, 0.25) is 0 Å². The van der Waals surface area contributed by atoms with Crippen molar-refractivity contribution in [1.29, 1.82) is 0 Å². The van der Waals surface area contributed by atoms with Gasteiger partial charge >= 0.3 is 0 Å². The van der Waals surface area contributed by atoms with E-state index in [4.69, 9.17) is 17.3 Å². The number of rotatable bonds is 4. The molecule has 3 N–H and O–H groups in total. The number of nitrogen functional groups attached to an aromatic ring is 1.